The number of likely N-dealkylation sites (tertiary alicyclic amines) is 1. The summed E-state index contributed by atoms with van der Waals surface area (Å²) in [6.07, 6.45) is 4.44. The molecule has 2 unspecified atom stereocenters. The van der Waals surface area contributed by atoms with Gasteiger partial charge in [-0.1, -0.05) is 6.92 Å². The summed E-state index contributed by atoms with van der Waals surface area (Å²) in [5.74, 6) is 1.10. The normalized spacial score (nSPS) is 24.1. The minimum absolute atomic E-state index is 0.0801. The third-order valence-electron chi connectivity index (χ3n) is 3.83. The zero-order chi connectivity index (χ0) is 13.1. The molecular formula is C14H21N3O. The Kier molecular flexibility index (Phi) is 3.97. The third kappa shape index (κ3) is 2.70. The standard InChI is InChI=1S/C14H21N3O/c1-10-5-12(8-16-7-10)14(18)17-4-3-11(2)13(6-15)9-17/h5,7-8,11,13H,3-4,6,9,15H2,1-2H3. The van der Waals surface area contributed by atoms with Crippen molar-refractivity contribution in [2.75, 3.05) is 19.6 Å². The highest BCUT2D eigenvalue weighted by Gasteiger charge is 2.28. The van der Waals surface area contributed by atoms with Crippen LogP contribution in [0.1, 0.15) is 29.3 Å². The minimum atomic E-state index is 0.0801. The summed E-state index contributed by atoms with van der Waals surface area (Å²) >= 11 is 0. The number of pyridine rings is 1. The van der Waals surface area contributed by atoms with Crippen LogP contribution in [-0.4, -0.2) is 35.4 Å². The number of aromatic nitrogens is 1. The van der Waals surface area contributed by atoms with Crippen LogP contribution in [0.5, 0.6) is 0 Å². The Morgan fingerprint density at radius 3 is 3.00 bits per heavy atom. The van der Waals surface area contributed by atoms with Crippen LogP contribution in [0, 0.1) is 18.8 Å². The zero-order valence-electron chi connectivity index (χ0n) is 11.1. The van der Waals surface area contributed by atoms with Crippen molar-refractivity contribution >= 4 is 5.91 Å². The number of carbonyl (C=O) groups excluding carboxylic acids is 1. The SMILES string of the molecule is Cc1cncc(C(=O)N2CCC(C)C(CN)C2)c1. The molecule has 0 saturated carbocycles. The molecule has 1 saturated heterocycles. The fourth-order valence-electron chi connectivity index (χ4n) is 2.50. The van der Waals surface area contributed by atoms with Gasteiger partial charge in [0, 0.05) is 25.5 Å². The molecule has 0 aliphatic carbocycles. The van der Waals surface area contributed by atoms with E-state index in [1.165, 1.54) is 0 Å². The lowest BCUT2D eigenvalue weighted by atomic mass is 9.87. The van der Waals surface area contributed by atoms with Crippen molar-refractivity contribution in [3.05, 3.63) is 29.6 Å². The third-order valence-corrected chi connectivity index (χ3v) is 3.83. The maximum Gasteiger partial charge on any atom is 0.255 e. The summed E-state index contributed by atoms with van der Waals surface area (Å²) in [4.78, 5) is 18.4. The van der Waals surface area contributed by atoms with Gasteiger partial charge < -0.3 is 10.6 Å². The monoisotopic (exact) mass is 247 g/mol. The second-order valence-corrected chi connectivity index (χ2v) is 5.26. The second-order valence-electron chi connectivity index (χ2n) is 5.26. The number of hydrogen-bond donors (Lipinski definition) is 1. The first-order valence-corrected chi connectivity index (χ1v) is 6.52. The fraction of sp³-hybridized carbons (Fsp3) is 0.571. The topological polar surface area (TPSA) is 59.2 Å². The largest absolute Gasteiger partial charge is 0.338 e. The van der Waals surface area contributed by atoms with Crippen LogP contribution in [-0.2, 0) is 0 Å². The summed E-state index contributed by atoms with van der Waals surface area (Å²) in [5, 5.41) is 0. The first-order chi connectivity index (χ1) is 8.61. The van der Waals surface area contributed by atoms with E-state index in [1.54, 1.807) is 12.4 Å². The molecule has 2 atom stereocenters. The molecule has 1 fully saturated rings. The van der Waals surface area contributed by atoms with Crippen molar-refractivity contribution in [1.82, 2.24) is 9.88 Å². The van der Waals surface area contributed by atoms with E-state index < -0.39 is 0 Å². The van der Waals surface area contributed by atoms with Crippen molar-refractivity contribution in [2.45, 2.75) is 20.3 Å². The van der Waals surface area contributed by atoms with Crippen LogP contribution >= 0.6 is 0 Å². The summed E-state index contributed by atoms with van der Waals surface area (Å²) < 4.78 is 0. The van der Waals surface area contributed by atoms with Crippen LogP contribution in [0.3, 0.4) is 0 Å². The number of rotatable bonds is 2. The molecule has 1 aromatic heterocycles. The van der Waals surface area contributed by atoms with Gasteiger partial charge in [0.15, 0.2) is 0 Å². The first-order valence-electron chi connectivity index (χ1n) is 6.52. The van der Waals surface area contributed by atoms with Crippen LogP contribution in [0.2, 0.25) is 0 Å². The molecule has 1 aromatic rings. The molecule has 0 spiro atoms. The van der Waals surface area contributed by atoms with Crippen molar-refractivity contribution in [1.29, 1.82) is 0 Å². The Hall–Kier alpha value is -1.42. The van der Waals surface area contributed by atoms with Gasteiger partial charge in [-0.2, -0.15) is 0 Å². The number of hydrogen-bond acceptors (Lipinski definition) is 3. The van der Waals surface area contributed by atoms with Crippen molar-refractivity contribution < 1.29 is 4.79 Å². The van der Waals surface area contributed by atoms with Gasteiger partial charge in [0.1, 0.15) is 0 Å². The summed E-state index contributed by atoms with van der Waals surface area (Å²) in [5.41, 5.74) is 7.46. The molecule has 2 heterocycles. The predicted octanol–water partition coefficient (Wildman–Crippen LogP) is 1.45. The molecule has 1 aliphatic heterocycles. The van der Waals surface area contributed by atoms with Crippen molar-refractivity contribution in [2.24, 2.45) is 17.6 Å². The van der Waals surface area contributed by atoms with E-state index in [0.29, 0.717) is 23.9 Å². The molecule has 0 bridgehead atoms. The van der Waals surface area contributed by atoms with Gasteiger partial charge in [-0.15, -0.1) is 0 Å². The molecule has 0 aromatic carbocycles. The van der Waals surface area contributed by atoms with Gasteiger partial charge in [-0.3, -0.25) is 9.78 Å². The van der Waals surface area contributed by atoms with Crippen LogP contribution in [0.15, 0.2) is 18.5 Å². The number of nitrogens with zero attached hydrogens (tertiary/aromatic N) is 2. The molecule has 4 heteroatoms. The molecule has 0 radical (unpaired) electrons. The molecule has 1 amide bonds. The number of piperidine rings is 1. The Morgan fingerprint density at radius 2 is 2.33 bits per heavy atom. The van der Waals surface area contributed by atoms with E-state index in [0.717, 1.165) is 25.1 Å². The Labute approximate surface area is 108 Å². The van der Waals surface area contributed by atoms with E-state index in [4.69, 9.17) is 5.73 Å². The smallest absolute Gasteiger partial charge is 0.255 e. The van der Waals surface area contributed by atoms with E-state index in [9.17, 15) is 4.79 Å². The van der Waals surface area contributed by atoms with Crippen molar-refractivity contribution in [3.8, 4) is 0 Å². The molecule has 4 nitrogen and oxygen atoms in total. The maximum absolute atomic E-state index is 12.4. The highest BCUT2D eigenvalue weighted by molar-refractivity contribution is 5.94. The molecule has 2 rings (SSSR count). The lowest BCUT2D eigenvalue weighted by Gasteiger charge is -2.36. The average Bonchev–Trinajstić information content (AvgIpc) is 2.38. The second kappa shape index (κ2) is 5.48. The van der Waals surface area contributed by atoms with Crippen LogP contribution in [0.4, 0.5) is 0 Å². The number of nitrogens with two attached hydrogens (primary N) is 1. The van der Waals surface area contributed by atoms with Crippen LogP contribution in [0.25, 0.3) is 0 Å². The van der Waals surface area contributed by atoms with Gasteiger partial charge in [-0.25, -0.2) is 0 Å². The van der Waals surface area contributed by atoms with Gasteiger partial charge in [0.2, 0.25) is 0 Å². The number of amides is 1. The minimum Gasteiger partial charge on any atom is -0.338 e. The number of carbonyl (C=O) groups is 1. The first kappa shape index (κ1) is 13.0. The Bertz CT molecular complexity index is 433. The number of aryl methyl sites for hydroxylation is 1. The van der Waals surface area contributed by atoms with E-state index >= 15 is 0 Å². The van der Waals surface area contributed by atoms with E-state index in [1.807, 2.05) is 17.9 Å². The quantitative estimate of drug-likeness (QED) is 0.860. The maximum atomic E-state index is 12.4. The van der Waals surface area contributed by atoms with Gasteiger partial charge in [-0.05, 0) is 43.4 Å². The zero-order valence-corrected chi connectivity index (χ0v) is 11.1. The van der Waals surface area contributed by atoms with Crippen molar-refractivity contribution in [3.63, 3.8) is 0 Å². The van der Waals surface area contributed by atoms with Gasteiger partial charge in [0.25, 0.3) is 5.91 Å². The summed E-state index contributed by atoms with van der Waals surface area (Å²) in [6, 6.07) is 1.89. The predicted molar refractivity (Wildman–Crippen MR) is 71.2 cm³/mol. The lowest BCUT2D eigenvalue weighted by molar-refractivity contribution is 0.0618. The fourth-order valence-corrected chi connectivity index (χ4v) is 2.50. The van der Waals surface area contributed by atoms with Gasteiger partial charge in [0.05, 0.1) is 5.56 Å². The average molecular weight is 247 g/mol. The molecule has 1 aliphatic rings. The van der Waals surface area contributed by atoms with Crippen LogP contribution < -0.4 is 5.73 Å². The van der Waals surface area contributed by atoms with E-state index in [-0.39, 0.29) is 5.91 Å². The van der Waals surface area contributed by atoms with E-state index in [2.05, 4.69) is 11.9 Å². The lowest BCUT2D eigenvalue weighted by Crippen LogP contribution is -2.45. The highest BCUT2D eigenvalue weighted by atomic mass is 16.2. The summed E-state index contributed by atoms with van der Waals surface area (Å²) in [7, 11) is 0. The molecule has 2 N–H and O–H groups in total. The molecule has 98 valence electrons. The Balaban J connectivity index is 2.10. The highest BCUT2D eigenvalue weighted by Crippen LogP contribution is 2.23. The summed E-state index contributed by atoms with van der Waals surface area (Å²) in [6.45, 7) is 6.41. The molecular weight excluding hydrogens is 226 g/mol. The van der Waals surface area contributed by atoms with Gasteiger partial charge >= 0.3 is 0 Å². The Morgan fingerprint density at radius 1 is 1.56 bits per heavy atom. The molecule has 18 heavy (non-hydrogen) atoms.